The molecule has 1 heterocycles. The van der Waals surface area contributed by atoms with Crippen LogP contribution in [0.1, 0.15) is 68.9 Å². The molecule has 3 aromatic carbocycles. The molecule has 1 aromatic heterocycles. The number of para-hydroxylation sites is 1. The van der Waals surface area contributed by atoms with Gasteiger partial charge in [0.2, 0.25) is 5.91 Å². The van der Waals surface area contributed by atoms with E-state index in [0.717, 1.165) is 36.1 Å². The van der Waals surface area contributed by atoms with E-state index in [4.69, 9.17) is 4.98 Å². The Bertz CT molecular complexity index is 1380. The Labute approximate surface area is 219 Å². The van der Waals surface area contributed by atoms with E-state index in [0.29, 0.717) is 42.5 Å². The second kappa shape index (κ2) is 12.5. The van der Waals surface area contributed by atoms with Crippen molar-refractivity contribution < 1.29 is 4.79 Å². The number of rotatable bonds is 11. The fourth-order valence-electron chi connectivity index (χ4n) is 4.89. The van der Waals surface area contributed by atoms with Gasteiger partial charge in [0.25, 0.3) is 5.56 Å². The minimum Gasteiger partial charge on any atom is -0.332 e. The lowest BCUT2D eigenvalue weighted by Crippen LogP contribution is -2.39. The van der Waals surface area contributed by atoms with Gasteiger partial charge in [-0.1, -0.05) is 86.8 Å². The molecule has 37 heavy (non-hydrogen) atoms. The normalized spacial score (nSPS) is 12.0. The third-order valence-electron chi connectivity index (χ3n) is 6.95. The number of aryl methyl sites for hydroxylation is 2. The Morgan fingerprint density at radius 1 is 0.919 bits per heavy atom. The first-order valence-electron chi connectivity index (χ1n) is 13.5. The van der Waals surface area contributed by atoms with Gasteiger partial charge < -0.3 is 4.90 Å². The standard InChI is InChI=1S/C32H37N3O2/c1-4-6-12-23-34(30(36)22-19-25-13-8-7-9-14-25)29(5-2)31-33-28-16-11-10-15-27(28)32(37)35(31)26-20-17-24(3)18-21-26/h7-11,13-18,20-21,29H,4-6,12,19,22-23H2,1-3H3. The van der Waals surface area contributed by atoms with Crippen molar-refractivity contribution in [2.75, 3.05) is 6.54 Å². The lowest BCUT2D eigenvalue weighted by Gasteiger charge is -2.32. The van der Waals surface area contributed by atoms with Gasteiger partial charge in [0.05, 0.1) is 22.6 Å². The number of hydrogen-bond donors (Lipinski definition) is 0. The van der Waals surface area contributed by atoms with Crippen molar-refractivity contribution in [3.8, 4) is 5.69 Å². The third kappa shape index (κ3) is 6.16. The van der Waals surface area contributed by atoms with Crippen LogP contribution in [0, 0.1) is 6.92 Å². The van der Waals surface area contributed by atoms with E-state index < -0.39 is 0 Å². The van der Waals surface area contributed by atoms with Crippen molar-refractivity contribution in [1.82, 2.24) is 14.5 Å². The average molecular weight is 496 g/mol. The van der Waals surface area contributed by atoms with E-state index in [-0.39, 0.29) is 17.5 Å². The first kappa shape index (κ1) is 26.3. The van der Waals surface area contributed by atoms with Gasteiger partial charge in [0, 0.05) is 13.0 Å². The summed E-state index contributed by atoms with van der Waals surface area (Å²) in [6.45, 7) is 6.92. The van der Waals surface area contributed by atoms with Crippen LogP contribution in [0.15, 0.2) is 83.7 Å². The van der Waals surface area contributed by atoms with Crippen molar-refractivity contribution in [3.05, 3.63) is 106 Å². The van der Waals surface area contributed by atoms with Gasteiger partial charge in [-0.25, -0.2) is 4.98 Å². The van der Waals surface area contributed by atoms with Crippen LogP contribution in [0.5, 0.6) is 0 Å². The largest absolute Gasteiger partial charge is 0.332 e. The van der Waals surface area contributed by atoms with Crippen molar-refractivity contribution in [2.45, 2.75) is 65.3 Å². The number of carbonyl (C=O) groups is 1. The summed E-state index contributed by atoms with van der Waals surface area (Å²) in [6, 6.07) is 25.2. The van der Waals surface area contributed by atoms with Gasteiger partial charge in [-0.15, -0.1) is 0 Å². The molecule has 0 aliphatic rings. The van der Waals surface area contributed by atoms with E-state index >= 15 is 0 Å². The first-order valence-corrected chi connectivity index (χ1v) is 13.5. The number of carbonyl (C=O) groups excluding carboxylic acids is 1. The predicted octanol–water partition coefficient (Wildman–Crippen LogP) is 6.80. The SMILES string of the molecule is CCCCCN(C(=O)CCc1ccccc1)C(CC)c1nc2ccccc2c(=O)n1-c1ccc(C)cc1. The zero-order valence-corrected chi connectivity index (χ0v) is 22.2. The first-order chi connectivity index (χ1) is 18.0. The summed E-state index contributed by atoms with van der Waals surface area (Å²) in [5, 5.41) is 0.578. The molecule has 4 aromatic rings. The maximum atomic E-state index is 13.8. The molecule has 1 atom stereocenters. The maximum Gasteiger partial charge on any atom is 0.266 e. The summed E-state index contributed by atoms with van der Waals surface area (Å²) < 4.78 is 1.72. The highest BCUT2D eigenvalue weighted by molar-refractivity contribution is 5.79. The zero-order chi connectivity index (χ0) is 26.2. The van der Waals surface area contributed by atoms with Crippen LogP contribution in [0.2, 0.25) is 0 Å². The molecule has 0 fully saturated rings. The van der Waals surface area contributed by atoms with Gasteiger partial charge in [0.1, 0.15) is 5.82 Å². The number of nitrogens with zero attached hydrogens (tertiary/aromatic N) is 3. The molecule has 0 N–H and O–H groups in total. The van der Waals surface area contributed by atoms with Crippen molar-refractivity contribution in [3.63, 3.8) is 0 Å². The minimum absolute atomic E-state index is 0.102. The van der Waals surface area contributed by atoms with Crippen LogP contribution >= 0.6 is 0 Å². The van der Waals surface area contributed by atoms with E-state index in [1.807, 2.05) is 78.6 Å². The smallest absolute Gasteiger partial charge is 0.266 e. The monoisotopic (exact) mass is 495 g/mol. The number of hydrogen-bond acceptors (Lipinski definition) is 3. The van der Waals surface area contributed by atoms with Crippen molar-refractivity contribution in [1.29, 1.82) is 0 Å². The highest BCUT2D eigenvalue weighted by Gasteiger charge is 2.28. The van der Waals surface area contributed by atoms with Gasteiger partial charge in [0.15, 0.2) is 0 Å². The number of aromatic nitrogens is 2. The molecule has 0 aliphatic carbocycles. The van der Waals surface area contributed by atoms with Gasteiger partial charge >= 0.3 is 0 Å². The fourth-order valence-corrected chi connectivity index (χ4v) is 4.89. The molecule has 0 bridgehead atoms. The number of fused-ring (bicyclic) bond motifs is 1. The summed E-state index contributed by atoms with van der Waals surface area (Å²) >= 11 is 0. The molecule has 1 amide bonds. The van der Waals surface area contributed by atoms with Gasteiger partial charge in [-0.05, 0) is 56.0 Å². The van der Waals surface area contributed by atoms with Crippen molar-refractivity contribution in [2.24, 2.45) is 0 Å². The van der Waals surface area contributed by atoms with Crippen LogP contribution < -0.4 is 5.56 Å². The highest BCUT2D eigenvalue weighted by atomic mass is 16.2. The fraction of sp³-hybridized carbons (Fsp3) is 0.344. The number of unbranched alkanes of at least 4 members (excludes halogenated alkanes) is 2. The lowest BCUT2D eigenvalue weighted by molar-refractivity contribution is -0.134. The molecular formula is C32H37N3O2. The Balaban J connectivity index is 1.79. The second-order valence-electron chi connectivity index (χ2n) is 9.67. The molecular weight excluding hydrogens is 458 g/mol. The van der Waals surface area contributed by atoms with Gasteiger partial charge in [-0.3, -0.25) is 14.2 Å². The summed E-state index contributed by atoms with van der Waals surface area (Å²) in [6.07, 6.45) is 4.83. The molecule has 192 valence electrons. The van der Waals surface area contributed by atoms with Gasteiger partial charge in [-0.2, -0.15) is 0 Å². The molecule has 5 nitrogen and oxygen atoms in total. The molecule has 0 radical (unpaired) electrons. The second-order valence-corrected chi connectivity index (χ2v) is 9.67. The molecule has 0 aliphatic heterocycles. The lowest BCUT2D eigenvalue weighted by atomic mass is 10.1. The van der Waals surface area contributed by atoms with Crippen LogP contribution in [0.25, 0.3) is 16.6 Å². The molecule has 4 rings (SSSR count). The molecule has 0 saturated carbocycles. The molecule has 1 unspecified atom stereocenters. The highest BCUT2D eigenvalue weighted by Crippen LogP contribution is 2.27. The minimum atomic E-state index is -0.307. The molecule has 5 heteroatoms. The Morgan fingerprint density at radius 2 is 1.62 bits per heavy atom. The number of amides is 1. The van der Waals surface area contributed by atoms with Crippen LogP contribution in [-0.4, -0.2) is 26.9 Å². The summed E-state index contributed by atoms with van der Waals surface area (Å²) in [4.78, 5) is 34.6. The molecule has 0 saturated heterocycles. The maximum absolute atomic E-state index is 13.8. The van der Waals surface area contributed by atoms with Crippen LogP contribution in [-0.2, 0) is 11.2 Å². The zero-order valence-electron chi connectivity index (χ0n) is 22.2. The summed E-state index contributed by atoms with van der Waals surface area (Å²) in [5.41, 5.74) is 3.60. The van der Waals surface area contributed by atoms with E-state index in [9.17, 15) is 9.59 Å². The Morgan fingerprint density at radius 3 is 2.32 bits per heavy atom. The number of benzene rings is 3. The predicted molar refractivity (Wildman–Crippen MR) is 151 cm³/mol. The van der Waals surface area contributed by atoms with E-state index in [1.54, 1.807) is 4.57 Å². The molecule has 0 spiro atoms. The van der Waals surface area contributed by atoms with Crippen molar-refractivity contribution >= 4 is 16.8 Å². The summed E-state index contributed by atoms with van der Waals surface area (Å²) in [7, 11) is 0. The van der Waals surface area contributed by atoms with Crippen LogP contribution in [0.3, 0.4) is 0 Å². The average Bonchev–Trinajstić information content (AvgIpc) is 2.93. The van der Waals surface area contributed by atoms with E-state index in [1.165, 1.54) is 0 Å². The third-order valence-corrected chi connectivity index (χ3v) is 6.95. The van der Waals surface area contributed by atoms with Crippen LogP contribution in [0.4, 0.5) is 0 Å². The van der Waals surface area contributed by atoms with E-state index in [2.05, 4.69) is 26.0 Å². The topological polar surface area (TPSA) is 55.2 Å². The summed E-state index contributed by atoms with van der Waals surface area (Å²) in [5.74, 6) is 0.726. The Kier molecular flexibility index (Phi) is 8.89. The Hall–Kier alpha value is -3.73. The quantitative estimate of drug-likeness (QED) is 0.215.